The molecule has 1 aromatic carbocycles. The predicted octanol–water partition coefficient (Wildman–Crippen LogP) is 2.57. The third-order valence-electron chi connectivity index (χ3n) is 2.59. The summed E-state index contributed by atoms with van der Waals surface area (Å²) in [6.07, 6.45) is 5.85. The van der Waals surface area contributed by atoms with E-state index in [1.165, 1.54) is 10.9 Å². The van der Waals surface area contributed by atoms with Crippen LogP contribution in [0.1, 0.15) is 0 Å². The van der Waals surface area contributed by atoms with Crippen molar-refractivity contribution in [3.05, 3.63) is 42.9 Å². The van der Waals surface area contributed by atoms with Gasteiger partial charge in [-0.05, 0) is 23.1 Å². The quantitative estimate of drug-likeness (QED) is 0.639. The van der Waals surface area contributed by atoms with Gasteiger partial charge in [0.05, 0.1) is 6.20 Å². The van der Waals surface area contributed by atoms with Crippen LogP contribution in [0.25, 0.3) is 22.0 Å². The normalized spacial score (nSPS) is 11.0. The maximum absolute atomic E-state index is 4.17. The summed E-state index contributed by atoms with van der Waals surface area (Å²) in [4.78, 5) is 3.21. The highest BCUT2D eigenvalue weighted by Gasteiger charge is 2.01. The molecule has 0 saturated heterocycles. The van der Waals surface area contributed by atoms with Crippen LogP contribution in [-0.2, 0) is 7.05 Å². The van der Waals surface area contributed by atoms with E-state index in [1.807, 2.05) is 30.3 Å². The summed E-state index contributed by atoms with van der Waals surface area (Å²) < 4.78 is 1.81. The lowest BCUT2D eigenvalue weighted by Crippen LogP contribution is -1.84. The summed E-state index contributed by atoms with van der Waals surface area (Å²) in [5.41, 5.74) is 3.50. The number of aromatic nitrogens is 3. The first-order valence-corrected chi connectivity index (χ1v) is 4.89. The van der Waals surface area contributed by atoms with Crippen LogP contribution in [0.3, 0.4) is 0 Å². The first kappa shape index (κ1) is 8.29. The average molecular weight is 197 g/mol. The lowest BCUT2D eigenvalue weighted by Gasteiger charge is -1.97. The van der Waals surface area contributed by atoms with Crippen LogP contribution in [0.5, 0.6) is 0 Å². The number of fused-ring (bicyclic) bond motifs is 1. The summed E-state index contributed by atoms with van der Waals surface area (Å²) in [6.45, 7) is 0. The Kier molecular flexibility index (Phi) is 1.65. The summed E-state index contributed by atoms with van der Waals surface area (Å²) >= 11 is 0. The molecule has 0 radical (unpaired) electrons. The van der Waals surface area contributed by atoms with E-state index in [1.54, 1.807) is 0 Å². The number of aromatic amines is 1. The van der Waals surface area contributed by atoms with Crippen LogP contribution in [0.15, 0.2) is 42.9 Å². The van der Waals surface area contributed by atoms with Crippen LogP contribution >= 0.6 is 0 Å². The molecule has 0 saturated carbocycles. The molecule has 2 heterocycles. The van der Waals surface area contributed by atoms with E-state index in [0.717, 1.165) is 11.1 Å². The van der Waals surface area contributed by atoms with Crippen LogP contribution in [-0.4, -0.2) is 14.8 Å². The smallest absolute Gasteiger partial charge is 0.0568 e. The Balaban J connectivity index is 2.18. The maximum Gasteiger partial charge on any atom is 0.0568 e. The fraction of sp³-hybridized carbons (Fsp3) is 0.0833. The summed E-state index contributed by atoms with van der Waals surface area (Å²) in [6, 6.07) is 8.45. The second-order valence-corrected chi connectivity index (χ2v) is 3.68. The van der Waals surface area contributed by atoms with E-state index in [0.29, 0.717) is 0 Å². The third kappa shape index (κ3) is 1.32. The molecule has 0 bridgehead atoms. The molecule has 74 valence electrons. The topological polar surface area (TPSA) is 33.6 Å². The Morgan fingerprint density at radius 3 is 2.93 bits per heavy atom. The summed E-state index contributed by atoms with van der Waals surface area (Å²) in [5.74, 6) is 0. The number of hydrogen-bond acceptors (Lipinski definition) is 1. The molecular formula is C12H11N3. The van der Waals surface area contributed by atoms with Crippen molar-refractivity contribution in [1.29, 1.82) is 0 Å². The molecule has 1 N–H and O–H groups in total. The molecule has 3 rings (SSSR count). The summed E-state index contributed by atoms with van der Waals surface area (Å²) in [7, 11) is 1.93. The molecule has 0 atom stereocenters. The van der Waals surface area contributed by atoms with Gasteiger partial charge in [0.2, 0.25) is 0 Å². The van der Waals surface area contributed by atoms with Gasteiger partial charge in [-0.25, -0.2) is 0 Å². The minimum absolute atomic E-state index is 1.15. The Bertz CT molecular complexity index is 604. The second-order valence-electron chi connectivity index (χ2n) is 3.68. The Hall–Kier alpha value is -2.03. The van der Waals surface area contributed by atoms with E-state index < -0.39 is 0 Å². The van der Waals surface area contributed by atoms with Gasteiger partial charge in [-0.3, -0.25) is 4.68 Å². The number of rotatable bonds is 1. The van der Waals surface area contributed by atoms with Crippen LogP contribution in [0.2, 0.25) is 0 Å². The van der Waals surface area contributed by atoms with Crippen molar-refractivity contribution in [2.45, 2.75) is 0 Å². The molecule has 3 heteroatoms. The van der Waals surface area contributed by atoms with Gasteiger partial charge >= 0.3 is 0 Å². The van der Waals surface area contributed by atoms with Gasteiger partial charge in [0.15, 0.2) is 0 Å². The zero-order valence-corrected chi connectivity index (χ0v) is 8.44. The Morgan fingerprint density at radius 2 is 2.13 bits per heavy atom. The lowest BCUT2D eigenvalue weighted by atomic mass is 10.1. The van der Waals surface area contributed by atoms with Crippen LogP contribution < -0.4 is 0 Å². The fourth-order valence-electron chi connectivity index (χ4n) is 1.80. The van der Waals surface area contributed by atoms with Gasteiger partial charge in [0.1, 0.15) is 0 Å². The standard InChI is InChI=1S/C12H11N3/c1-15-8-11(7-14-15)10-3-2-9-4-5-13-12(9)6-10/h2-8,13H,1H3. The SMILES string of the molecule is Cn1cc(-c2ccc3cc[nH]c3c2)cn1. The van der Waals surface area contributed by atoms with E-state index in [4.69, 9.17) is 0 Å². The number of benzene rings is 1. The first-order chi connectivity index (χ1) is 7.33. The lowest BCUT2D eigenvalue weighted by molar-refractivity contribution is 0.768. The highest BCUT2D eigenvalue weighted by molar-refractivity contribution is 5.84. The summed E-state index contributed by atoms with van der Waals surface area (Å²) in [5, 5.41) is 5.41. The average Bonchev–Trinajstić information content (AvgIpc) is 2.84. The highest BCUT2D eigenvalue weighted by Crippen LogP contribution is 2.22. The minimum atomic E-state index is 1.15. The largest absolute Gasteiger partial charge is 0.361 e. The number of aryl methyl sites for hydroxylation is 1. The molecule has 3 aromatic rings. The van der Waals surface area contributed by atoms with Crippen molar-refractivity contribution in [3.8, 4) is 11.1 Å². The molecule has 0 amide bonds. The molecular weight excluding hydrogens is 186 g/mol. The zero-order valence-electron chi connectivity index (χ0n) is 8.44. The van der Waals surface area contributed by atoms with Crippen molar-refractivity contribution < 1.29 is 0 Å². The van der Waals surface area contributed by atoms with Gasteiger partial charge < -0.3 is 4.98 Å². The molecule has 0 aliphatic heterocycles. The molecule has 0 fully saturated rings. The first-order valence-electron chi connectivity index (χ1n) is 4.89. The molecule has 0 spiro atoms. The van der Waals surface area contributed by atoms with Crippen LogP contribution in [0, 0.1) is 0 Å². The third-order valence-corrected chi connectivity index (χ3v) is 2.59. The van der Waals surface area contributed by atoms with E-state index in [9.17, 15) is 0 Å². The van der Waals surface area contributed by atoms with Gasteiger partial charge in [-0.2, -0.15) is 5.10 Å². The van der Waals surface area contributed by atoms with Crippen molar-refractivity contribution >= 4 is 10.9 Å². The molecule has 3 nitrogen and oxygen atoms in total. The van der Waals surface area contributed by atoms with Crippen molar-refractivity contribution in [1.82, 2.24) is 14.8 Å². The monoisotopic (exact) mass is 197 g/mol. The van der Waals surface area contributed by atoms with E-state index in [-0.39, 0.29) is 0 Å². The van der Waals surface area contributed by atoms with Crippen molar-refractivity contribution in [2.24, 2.45) is 7.05 Å². The highest BCUT2D eigenvalue weighted by atomic mass is 15.2. The van der Waals surface area contributed by atoms with Crippen molar-refractivity contribution in [2.75, 3.05) is 0 Å². The number of nitrogens with zero attached hydrogens (tertiary/aromatic N) is 2. The molecule has 0 aliphatic carbocycles. The molecule has 2 aromatic heterocycles. The van der Waals surface area contributed by atoms with E-state index in [2.05, 4.69) is 34.3 Å². The molecule has 0 aliphatic rings. The van der Waals surface area contributed by atoms with Gasteiger partial charge in [0.25, 0.3) is 0 Å². The molecule has 0 unspecified atom stereocenters. The van der Waals surface area contributed by atoms with E-state index >= 15 is 0 Å². The van der Waals surface area contributed by atoms with Crippen molar-refractivity contribution in [3.63, 3.8) is 0 Å². The second kappa shape index (κ2) is 2.98. The Morgan fingerprint density at radius 1 is 1.20 bits per heavy atom. The maximum atomic E-state index is 4.17. The van der Waals surface area contributed by atoms with Crippen LogP contribution in [0.4, 0.5) is 0 Å². The number of nitrogens with one attached hydrogen (secondary N) is 1. The number of hydrogen-bond donors (Lipinski definition) is 1. The fourth-order valence-corrected chi connectivity index (χ4v) is 1.80. The predicted molar refractivity (Wildman–Crippen MR) is 60.5 cm³/mol. The Labute approximate surface area is 87.4 Å². The molecule has 15 heavy (non-hydrogen) atoms. The van der Waals surface area contributed by atoms with Gasteiger partial charge in [-0.1, -0.05) is 12.1 Å². The zero-order chi connectivity index (χ0) is 10.3. The number of H-pyrrole nitrogens is 1. The van der Waals surface area contributed by atoms with Gasteiger partial charge in [0, 0.05) is 30.5 Å². The minimum Gasteiger partial charge on any atom is -0.361 e. The van der Waals surface area contributed by atoms with Gasteiger partial charge in [-0.15, -0.1) is 0 Å².